The van der Waals surface area contributed by atoms with Gasteiger partial charge < -0.3 is 15.4 Å². The minimum atomic E-state index is -0.513. The zero-order valence-corrected chi connectivity index (χ0v) is 17.3. The Labute approximate surface area is 170 Å². The van der Waals surface area contributed by atoms with E-state index >= 15 is 0 Å². The quantitative estimate of drug-likeness (QED) is 0.816. The summed E-state index contributed by atoms with van der Waals surface area (Å²) in [7, 11) is 0. The van der Waals surface area contributed by atoms with E-state index in [0.717, 1.165) is 25.7 Å². The van der Waals surface area contributed by atoms with Crippen molar-refractivity contribution in [2.75, 3.05) is 0 Å². The number of nitrogens with zero attached hydrogens (tertiary/aromatic N) is 4. The highest BCUT2D eigenvalue weighted by atomic mass is 16.6. The Balaban J connectivity index is 1.53. The van der Waals surface area contributed by atoms with E-state index in [1.165, 1.54) is 0 Å². The first-order valence-electron chi connectivity index (χ1n) is 9.84. The molecule has 1 aliphatic carbocycles. The van der Waals surface area contributed by atoms with Crippen molar-refractivity contribution in [1.29, 1.82) is 0 Å². The Kier molecular flexibility index (Phi) is 6.14. The molecule has 156 valence electrons. The van der Waals surface area contributed by atoms with E-state index < -0.39 is 11.7 Å². The number of hydrogen-bond donors (Lipinski definition) is 2. The van der Waals surface area contributed by atoms with E-state index in [0.29, 0.717) is 17.3 Å². The minimum Gasteiger partial charge on any atom is -0.444 e. The number of ether oxygens (including phenoxy) is 1. The molecule has 0 unspecified atom stereocenters. The molecule has 0 radical (unpaired) electrons. The van der Waals surface area contributed by atoms with E-state index in [9.17, 15) is 9.59 Å². The number of carbonyl (C=O) groups is 2. The van der Waals surface area contributed by atoms with Gasteiger partial charge in [-0.25, -0.2) is 19.7 Å². The van der Waals surface area contributed by atoms with Crippen LogP contribution in [0.3, 0.4) is 0 Å². The number of alkyl carbamates (subject to hydrolysis) is 1. The summed E-state index contributed by atoms with van der Waals surface area (Å²) in [6.07, 6.45) is 7.70. The molecule has 2 amide bonds. The van der Waals surface area contributed by atoms with Crippen LogP contribution < -0.4 is 10.6 Å². The number of hydrogen-bond acceptors (Lipinski definition) is 6. The minimum absolute atomic E-state index is 0.0474. The van der Waals surface area contributed by atoms with Gasteiger partial charge in [0.05, 0.1) is 0 Å². The van der Waals surface area contributed by atoms with Crippen molar-refractivity contribution < 1.29 is 14.3 Å². The summed E-state index contributed by atoms with van der Waals surface area (Å²) in [6, 6.07) is 1.78. The van der Waals surface area contributed by atoms with Crippen molar-refractivity contribution in [2.45, 2.75) is 71.1 Å². The van der Waals surface area contributed by atoms with Crippen molar-refractivity contribution in [3.05, 3.63) is 36.2 Å². The van der Waals surface area contributed by atoms with Crippen LogP contribution in [-0.2, 0) is 4.74 Å². The highest BCUT2D eigenvalue weighted by Gasteiger charge is 2.26. The number of carbonyl (C=O) groups excluding carboxylic acids is 2. The van der Waals surface area contributed by atoms with Crippen LogP contribution in [0.15, 0.2) is 24.8 Å². The third kappa shape index (κ3) is 6.00. The number of rotatable bonds is 4. The van der Waals surface area contributed by atoms with Crippen molar-refractivity contribution in [1.82, 2.24) is 30.2 Å². The Hall–Kier alpha value is -2.97. The maximum Gasteiger partial charge on any atom is 0.407 e. The van der Waals surface area contributed by atoms with Gasteiger partial charge in [0.25, 0.3) is 5.91 Å². The molecule has 0 aromatic carbocycles. The predicted octanol–water partition coefficient (Wildman–Crippen LogP) is 2.54. The van der Waals surface area contributed by atoms with Gasteiger partial charge in [0.1, 0.15) is 17.6 Å². The molecule has 0 spiro atoms. The Morgan fingerprint density at radius 1 is 1.10 bits per heavy atom. The van der Waals surface area contributed by atoms with Crippen LogP contribution in [0.25, 0.3) is 5.95 Å². The summed E-state index contributed by atoms with van der Waals surface area (Å²) >= 11 is 0. The maximum atomic E-state index is 12.7. The number of aryl methyl sites for hydroxylation is 1. The van der Waals surface area contributed by atoms with Gasteiger partial charge >= 0.3 is 6.09 Å². The Bertz CT molecular complexity index is 852. The van der Waals surface area contributed by atoms with Gasteiger partial charge in [-0.05, 0) is 59.4 Å². The molecule has 0 atom stereocenters. The third-order valence-corrected chi connectivity index (χ3v) is 4.59. The normalized spacial score (nSPS) is 19.4. The SMILES string of the molecule is Cc1cc(C(=O)NC2CCC(NC(=O)OC(C)(C)C)CC2)nc(-n2ccnc2)n1. The second kappa shape index (κ2) is 8.59. The van der Waals surface area contributed by atoms with Crippen molar-refractivity contribution >= 4 is 12.0 Å². The van der Waals surface area contributed by atoms with Gasteiger partial charge in [-0.1, -0.05) is 0 Å². The lowest BCUT2D eigenvalue weighted by Crippen LogP contribution is -2.45. The summed E-state index contributed by atoms with van der Waals surface area (Å²) in [4.78, 5) is 37.3. The number of imidazole rings is 1. The summed E-state index contributed by atoms with van der Waals surface area (Å²) in [6.45, 7) is 7.34. The van der Waals surface area contributed by atoms with Crippen molar-refractivity contribution in [2.24, 2.45) is 0 Å². The van der Waals surface area contributed by atoms with E-state index in [4.69, 9.17) is 4.74 Å². The van der Waals surface area contributed by atoms with Crippen LogP contribution >= 0.6 is 0 Å². The highest BCUT2D eigenvalue weighted by Crippen LogP contribution is 2.20. The van der Waals surface area contributed by atoms with Crippen LogP contribution in [-0.4, -0.2) is 49.2 Å². The molecule has 0 bridgehead atoms. The smallest absolute Gasteiger partial charge is 0.407 e. The van der Waals surface area contributed by atoms with Crippen LogP contribution in [0.2, 0.25) is 0 Å². The van der Waals surface area contributed by atoms with E-state index in [1.807, 2.05) is 27.7 Å². The molecule has 29 heavy (non-hydrogen) atoms. The summed E-state index contributed by atoms with van der Waals surface area (Å²) in [5.41, 5.74) is 0.523. The van der Waals surface area contributed by atoms with Crippen molar-refractivity contribution in [3.8, 4) is 5.95 Å². The molecule has 0 saturated heterocycles. The number of amides is 2. The molecule has 9 heteroatoms. The molecular weight excluding hydrogens is 372 g/mol. The monoisotopic (exact) mass is 400 g/mol. The molecule has 1 saturated carbocycles. The largest absolute Gasteiger partial charge is 0.444 e. The second-order valence-electron chi connectivity index (χ2n) is 8.33. The topological polar surface area (TPSA) is 111 Å². The van der Waals surface area contributed by atoms with Gasteiger partial charge in [0.2, 0.25) is 5.95 Å². The zero-order valence-electron chi connectivity index (χ0n) is 17.3. The maximum absolute atomic E-state index is 12.7. The lowest BCUT2D eigenvalue weighted by atomic mass is 9.91. The van der Waals surface area contributed by atoms with Gasteiger partial charge in [-0.3, -0.25) is 9.36 Å². The van der Waals surface area contributed by atoms with Crippen LogP contribution in [0, 0.1) is 6.92 Å². The molecule has 1 aliphatic rings. The summed E-state index contributed by atoms with van der Waals surface area (Å²) < 4.78 is 6.97. The standard InChI is InChI=1S/C20H28N6O3/c1-13-11-16(25-18(22-13)26-10-9-21-12-26)17(27)23-14-5-7-15(8-6-14)24-19(28)29-20(2,3)4/h9-12,14-15H,5-8H2,1-4H3,(H,23,27)(H,24,28). The second-order valence-corrected chi connectivity index (χ2v) is 8.33. The summed E-state index contributed by atoms with van der Waals surface area (Å²) in [5, 5.41) is 5.96. The number of nitrogens with one attached hydrogen (secondary N) is 2. The number of aromatic nitrogens is 4. The molecule has 0 aliphatic heterocycles. The van der Waals surface area contributed by atoms with Gasteiger partial charge in [0, 0.05) is 30.2 Å². The highest BCUT2D eigenvalue weighted by molar-refractivity contribution is 5.92. The van der Waals surface area contributed by atoms with Gasteiger partial charge in [-0.2, -0.15) is 0 Å². The average Bonchev–Trinajstić information content (AvgIpc) is 3.16. The molecule has 3 rings (SSSR count). The Morgan fingerprint density at radius 3 is 2.34 bits per heavy atom. The van der Waals surface area contributed by atoms with Crippen LogP contribution in [0.1, 0.15) is 62.6 Å². The van der Waals surface area contributed by atoms with E-state index in [-0.39, 0.29) is 18.0 Å². The molecule has 2 aromatic heterocycles. The fourth-order valence-electron chi connectivity index (χ4n) is 3.28. The Morgan fingerprint density at radius 2 is 1.76 bits per heavy atom. The molecule has 1 fully saturated rings. The van der Waals surface area contributed by atoms with E-state index in [1.54, 1.807) is 29.4 Å². The first-order valence-corrected chi connectivity index (χ1v) is 9.84. The van der Waals surface area contributed by atoms with Gasteiger partial charge in [0.15, 0.2) is 0 Å². The van der Waals surface area contributed by atoms with Gasteiger partial charge in [-0.15, -0.1) is 0 Å². The molecular formula is C20H28N6O3. The first-order chi connectivity index (χ1) is 13.7. The molecule has 2 N–H and O–H groups in total. The average molecular weight is 400 g/mol. The lowest BCUT2D eigenvalue weighted by molar-refractivity contribution is 0.0488. The fourth-order valence-corrected chi connectivity index (χ4v) is 3.28. The third-order valence-electron chi connectivity index (χ3n) is 4.59. The molecule has 9 nitrogen and oxygen atoms in total. The summed E-state index contributed by atoms with van der Waals surface area (Å²) in [5.74, 6) is 0.193. The molecule has 2 aromatic rings. The van der Waals surface area contributed by atoms with Crippen LogP contribution in [0.5, 0.6) is 0 Å². The van der Waals surface area contributed by atoms with Crippen LogP contribution in [0.4, 0.5) is 4.79 Å². The van der Waals surface area contributed by atoms with Crippen molar-refractivity contribution in [3.63, 3.8) is 0 Å². The van der Waals surface area contributed by atoms with E-state index in [2.05, 4.69) is 25.6 Å². The lowest BCUT2D eigenvalue weighted by Gasteiger charge is -2.30. The zero-order chi connectivity index (χ0) is 21.0. The fraction of sp³-hybridized carbons (Fsp3) is 0.550. The molecule has 2 heterocycles. The first kappa shape index (κ1) is 20.8. The predicted molar refractivity (Wildman–Crippen MR) is 107 cm³/mol.